The van der Waals surface area contributed by atoms with E-state index in [2.05, 4.69) is 5.32 Å². The molecule has 2 heterocycles. The fourth-order valence-electron chi connectivity index (χ4n) is 3.33. The van der Waals surface area contributed by atoms with Crippen LogP contribution in [-0.2, 0) is 9.53 Å². The molecule has 1 aliphatic heterocycles. The highest BCUT2D eigenvalue weighted by atomic mass is 19.1. The minimum Gasteiger partial charge on any atom is -0.376 e. The van der Waals surface area contributed by atoms with Gasteiger partial charge in [-0.3, -0.25) is 4.79 Å². The second-order valence-electron chi connectivity index (χ2n) is 6.65. The number of benzene rings is 1. The molecule has 0 bridgehead atoms. The van der Waals surface area contributed by atoms with Crippen LogP contribution < -0.4 is 5.32 Å². The molecule has 27 heavy (non-hydrogen) atoms. The molecule has 6 heteroatoms. The minimum absolute atomic E-state index is 0.0254. The first kappa shape index (κ1) is 18.9. The first-order valence-electron chi connectivity index (χ1n) is 8.96. The van der Waals surface area contributed by atoms with Crippen molar-refractivity contribution in [2.75, 3.05) is 13.2 Å². The zero-order valence-corrected chi connectivity index (χ0v) is 15.5. The van der Waals surface area contributed by atoms with Crippen LogP contribution in [0.4, 0.5) is 4.39 Å². The number of aromatic nitrogens is 1. The molecule has 0 saturated carbocycles. The third kappa shape index (κ3) is 4.26. The summed E-state index contributed by atoms with van der Waals surface area (Å²) in [5.41, 5.74) is 3.46. The average molecular weight is 367 g/mol. The lowest BCUT2D eigenvalue weighted by Crippen LogP contribution is -2.32. The van der Waals surface area contributed by atoms with E-state index in [1.807, 2.05) is 30.6 Å². The number of carbonyl (C=O) groups is 1. The second-order valence-corrected chi connectivity index (χ2v) is 6.65. The number of hydrogen-bond donors (Lipinski definition) is 1. The number of nitrogens with one attached hydrogen (secondary N) is 1. The van der Waals surface area contributed by atoms with E-state index >= 15 is 0 Å². The second kappa shape index (κ2) is 8.19. The van der Waals surface area contributed by atoms with E-state index in [4.69, 9.17) is 4.74 Å². The van der Waals surface area contributed by atoms with Crippen molar-refractivity contribution in [2.24, 2.45) is 0 Å². The molecule has 140 valence electrons. The van der Waals surface area contributed by atoms with Crippen LogP contribution in [0.15, 0.2) is 35.9 Å². The van der Waals surface area contributed by atoms with Crippen molar-refractivity contribution in [2.45, 2.75) is 32.8 Å². The fourth-order valence-corrected chi connectivity index (χ4v) is 3.33. The monoisotopic (exact) mass is 367 g/mol. The van der Waals surface area contributed by atoms with E-state index in [9.17, 15) is 14.4 Å². The molecule has 1 atom stereocenters. The number of nitriles is 1. The van der Waals surface area contributed by atoms with Gasteiger partial charge in [0.25, 0.3) is 5.91 Å². The van der Waals surface area contributed by atoms with Crippen LogP contribution in [0.25, 0.3) is 11.8 Å². The summed E-state index contributed by atoms with van der Waals surface area (Å²) in [6.07, 6.45) is 3.53. The summed E-state index contributed by atoms with van der Waals surface area (Å²) in [4.78, 5) is 12.3. The summed E-state index contributed by atoms with van der Waals surface area (Å²) in [7, 11) is 0. The number of hydrogen-bond acceptors (Lipinski definition) is 3. The Bertz CT molecular complexity index is 901. The maximum absolute atomic E-state index is 13.2. The zero-order valence-electron chi connectivity index (χ0n) is 15.5. The summed E-state index contributed by atoms with van der Waals surface area (Å²) in [6, 6.07) is 10.1. The van der Waals surface area contributed by atoms with Crippen LogP contribution in [0.2, 0.25) is 0 Å². The average Bonchev–Trinajstić information content (AvgIpc) is 3.27. The Balaban J connectivity index is 1.82. The number of halogens is 1. The quantitative estimate of drug-likeness (QED) is 0.650. The Morgan fingerprint density at radius 1 is 1.41 bits per heavy atom. The van der Waals surface area contributed by atoms with E-state index < -0.39 is 5.91 Å². The van der Waals surface area contributed by atoms with Crippen LogP contribution in [0, 0.1) is 31.0 Å². The molecule has 0 unspecified atom stereocenters. The van der Waals surface area contributed by atoms with Crippen LogP contribution in [0.1, 0.15) is 29.8 Å². The standard InChI is InChI=1S/C21H22FN3O2/c1-14-10-16(15(2)25(14)19-7-5-18(22)6-8-19)11-17(12-23)21(26)24-13-20-4-3-9-27-20/h5-8,10-11,20H,3-4,9,13H2,1-2H3,(H,24,26)/b17-11+/t20-/m1/s1. The van der Waals surface area contributed by atoms with Gasteiger partial charge in [0.1, 0.15) is 17.5 Å². The van der Waals surface area contributed by atoms with E-state index in [1.165, 1.54) is 12.1 Å². The highest BCUT2D eigenvalue weighted by Gasteiger charge is 2.18. The molecule has 1 aliphatic rings. The minimum atomic E-state index is -0.403. The van der Waals surface area contributed by atoms with Gasteiger partial charge in [-0.05, 0) is 68.7 Å². The molecule has 0 spiro atoms. The Morgan fingerprint density at radius 3 is 2.78 bits per heavy atom. The summed E-state index contributed by atoms with van der Waals surface area (Å²) in [5, 5.41) is 12.2. The third-order valence-electron chi connectivity index (χ3n) is 4.73. The van der Waals surface area contributed by atoms with E-state index in [0.29, 0.717) is 6.54 Å². The molecule has 1 N–H and O–H groups in total. The van der Waals surface area contributed by atoms with Gasteiger partial charge in [0, 0.05) is 30.2 Å². The van der Waals surface area contributed by atoms with Crippen LogP contribution in [0.5, 0.6) is 0 Å². The van der Waals surface area contributed by atoms with Gasteiger partial charge in [0.15, 0.2) is 0 Å². The lowest BCUT2D eigenvalue weighted by molar-refractivity contribution is -0.117. The lowest BCUT2D eigenvalue weighted by atomic mass is 10.1. The summed E-state index contributed by atoms with van der Waals surface area (Å²) < 4.78 is 20.6. The predicted octanol–water partition coefficient (Wildman–Crippen LogP) is 3.44. The normalized spacial score (nSPS) is 17.0. The van der Waals surface area contributed by atoms with Crippen molar-refractivity contribution in [3.63, 3.8) is 0 Å². The van der Waals surface area contributed by atoms with Crippen molar-refractivity contribution in [1.29, 1.82) is 5.26 Å². The molecule has 1 aromatic heterocycles. The molecular formula is C21H22FN3O2. The van der Waals surface area contributed by atoms with E-state index in [-0.39, 0.29) is 17.5 Å². The number of nitrogens with zero attached hydrogens (tertiary/aromatic N) is 2. The van der Waals surface area contributed by atoms with Gasteiger partial charge in [-0.15, -0.1) is 0 Å². The van der Waals surface area contributed by atoms with Gasteiger partial charge in [-0.1, -0.05) is 0 Å². The molecule has 1 amide bonds. The summed E-state index contributed by atoms with van der Waals surface area (Å²) >= 11 is 0. The number of rotatable bonds is 5. The van der Waals surface area contributed by atoms with Crippen molar-refractivity contribution < 1.29 is 13.9 Å². The Hall–Kier alpha value is -2.91. The Morgan fingerprint density at radius 2 is 2.15 bits per heavy atom. The molecule has 1 fully saturated rings. The van der Waals surface area contributed by atoms with Crippen LogP contribution >= 0.6 is 0 Å². The zero-order chi connectivity index (χ0) is 19.4. The number of carbonyl (C=O) groups excluding carboxylic acids is 1. The first-order chi connectivity index (χ1) is 13.0. The van der Waals surface area contributed by atoms with Crippen LogP contribution in [-0.4, -0.2) is 29.7 Å². The molecular weight excluding hydrogens is 345 g/mol. The predicted molar refractivity (Wildman–Crippen MR) is 101 cm³/mol. The number of aryl methyl sites for hydroxylation is 1. The van der Waals surface area contributed by atoms with Crippen molar-refractivity contribution in [3.8, 4) is 11.8 Å². The Labute approximate surface area is 158 Å². The van der Waals surface area contributed by atoms with Gasteiger partial charge in [0.2, 0.25) is 0 Å². The number of ether oxygens (including phenoxy) is 1. The van der Waals surface area contributed by atoms with E-state index in [1.54, 1.807) is 18.2 Å². The van der Waals surface area contributed by atoms with Crippen molar-refractivity contribution >= 4 is 12.0 Å². The van der Waals surface area contributed by atoms with Gasteiger partial charge in [0.05, 0.1) is 6.10 Å². The summed E-state index contributed by atoms with van der Waals surface area (Å²) in [5.74, 6) is -0.699. The highest BCUT2D eigenvalue weighted by Crippen LogP contribution is 2.23. The maximum Gasteiger partial charge on any atom is 0.262 e. The molecule has 0 aliphatic carbocycles. The topological polar surface area (TPSA) is 67.1 Å². The first-order valence-corrected chi connectivity index (χ1v) is 8.96. The summed E-state index contributed by atoms with van der Waals surface area (Å²) in [6.45, 7) is 4.96. The lowest BCUT2D eigenvalue weighted by Gasteiger charge is -2.10. The van der Waals surface area contributed by atoms with Gasteiger partial charge in [-0.25, -0.2) is 4.39 Å². The van der Waals surface area contributed by atoms with E-state index in [0.717, 1.165) is 42.1 Å². The fraction of sp³-hybridized carbons (Fsp3) is 0.333. The van der Waals surface area contributed by atoms with Crippen molar-refractivity contribution in [3.05, 3.63) is 58.7 Å². The SMILES string of the molecule is Cc1cc(/C=C(\C#N)C(=O)NC[C@H]2CCCO2)c(C)n1-c1ccc(F)cc1. The number of amides is 1. The smallest absolute Gasteiger partial charge is 0.262 e. The maximum atomic E-state index is 13.2. The van der Waals surface area contributed by atoms with Crippen LogP contribution in [0.3, 0.4) is 0 Å². The highest BCUT2D eigenvalue weighted by molar-refractivity contribution is 6.01. The molecule has 3 rings (SSSR count). The molecule has 2 aromatic rings. The molecule has 0 radical (unpaired) electrons. The van der Waals surface area contributed by atoms with Gasteiger partial charge >= 0.3 is 0 Å². The van der Waals surface area contributed by atoms with Gasteiger partial charge < -0.3 is 14.6 Å². The molecule has 1 aromatic carbocycles. The molecule has 5 nitrogen and oxygen atoms in total. The molecule has 1 saturated heterocycles. The Kier molecular flexibility index (Phi) is 5.72. The largest absolute Gasteiger partial charge is 0.376 e. The van der Waals surface area contributed by atoms with Gasteiger partial charge in [-0.2, -0.15) is 5.26 Å². The van der Waals surface area contributed by atoms with Crippen molar-refractivity contribution in [1.82, 2.24) is 9.88 Å². The third-order valence-corrected chi connectivity index (χ3v) is 4.73.